The minimum Gasteiger partial charge on any atom is -0.487 e. The maximum atomic E-state index is 5.97. The molecular formula is C16H18Cl2N2O. The zero-order chi connectivity index (χ0) is 15.1. The summed E-state index contributed by atoms with van der Waals surface area (Å²) in [5.74, 6) is 0.736. The summed E-state index contributed by atoms with van der Waals surface area (Å²) in [6.45, 7) is 4.35. The predicted molar refractivity (Wildman–Crippen MR) is 87.0 cm³/mol. The molecule has 0 saturated heterocycles. The van der Waals surface area contributed by atoms with Gasteiger partial charge in [-0.15, -0.1) is 0 Å². The third-order valence-electron chi connectivity index (χ3n) is 2.92. The van der Waals surface area contributed by atoms with Crippen molar-refractivity contribution in [2.24, 2.45) is 0 Å². The van der Waals surface area contributed by atoms with Crippen LogP contribution in [0.5, 0.6) is 5.75 Å². The molecule has 1 aromatic heterocycles. The Morgan fingerprint density at radius 2 is 2.00 bits per heavy atom. The van der Waals surface area contributed by atoms with Gasteiger partial charge in [-0.2, -0.15) is 0 Å². The molecule has 21 heavy (non-hydrogen) atoms. The second kappa shape index (κ2) is 8.23. The van der Waals surface area contributed by atoms with Crippen molar-refractivity contribution in [2.45, 2.75) is 26.5 Å². The molecule has 0 unspecified atom stereocenters. The molecule has 0 radical (unpaired) electrons. The lowest BCUT2D eigenvalue weighted by atomic mass is 10.2. The lowest BCUT2D eigenvalue weighted by Gasteiger charge is -2.08. The molecule has 2 rings (SSSR count). The highest BCUT2D eigenvalue weighted by Crippen LogP contribution is 2.23. The van der Waals surface area contributed by atoms with Gasteiger partial charge in [0.05, 0.1) is 21.9 Å². The van der Waals surface area contributed by atoms with E-state index in [1.54, 1.807) is 18.3 Å². The number of hydrogen-bond acceptors (Lipinski definition) is 3. The van der Waals surface area contributed by atoms with Crippen LogP contribution in [0.1, 0.15) is 24.6 Å². The van der Waals surface area contributed by atoms with Crippen LogP contribution >= 0.6 is 23.2 Å². The molecule has 112 valence electrons. The number of hydrogen-bond donors (Lipinski definition) is 1. The molecule has 0 atom stereocenters. The van der Waals surface area contributed by atoms with Gasteiger partial charge in [-0.3, -0.25) is 4.98 Å². The first-order valence-corrected chi connectivity index (χ1v) is 7.67. The lowest BCUT2D eigenvalue weighted by molar-refractivity contribution is 0.305. The number of nitrogens with zero attached hydrogens (tertiary/aromatic N) is 1. The predicted octanol–water partition coefficient (Wildman–Crippen LogP) is 4.47. The van der Waals surface area contributed by atoms with Crippen molar-refractivity contribution in [3.05, 3.63) is 57.8 Å². The van der Waals surface area contributed by atoms with Gasteiger partial charge in [0.15, 0.2) is 0 Å². The van der Waals surface area contributed by atoms with Gasteiger partial charge in [-0.1, -0.05) is 36.2 Å². The topological polar surface area (TPSA) is 34.1 Å². The molecule has 0 aliphatic heterocycles. The van der Waals surface area contributed by atoms with Crippen LogP contribution in [0.4, 0.5) is 0 Å². The zero-order valence-corrected chi connectivity index (χ0v) is 13.4. The minimum absolute atomic E-state index is 0.437. The van der Waals surface area contributed by atoms with Crippen LogP contribution in [0.15, 0.2) is 36.5 Å². The highest BCUT2D eigenvalue weighted by Gasteiger charge is 2.01. The van der Waals surface area contributed by atoms with Gasteiger partial charge >= 0.3 is 0 Å². The van der Waals surface area contributed by atoms with E-state index >= 15 is 0 Å². The number of pyridine rings is 1. The van der Waals surface area contributed by atoms with Crippen LogP contribution in [0.3, 0.4) is 0 Å². The second-order valence-corrected chi connectivity index (χ2v) is 5.51. The van der Waals surface area contributed by atoms with Crippen LogP contribution in [0, 0.1) is 0 Å². The van der Waals surface area contributed by atoms with E-state index in [1.807, 2.05) is 18.2 Å². The fourth-order valence-corrected chi connectivity index (χ4v) is 2.11. The van der Waals surface area contributed by atoms with Gasteiger partial charge in [-0.05, 0) is 42.8 Å². The highest BCUT2D eigenvalue weighted by atomic mass is 35.5. The molecule has 3 nitrogen and oxygen atoms in total. The first-order valence-electron chi connectivity index (χ1n) is 6.91. The van der Waals surface area contributed by atoms with Gasteiger partial charge in [0.1, 0.15) is 12.4 Å². The van der Waals surface area contributed by atoms with E-state index in [0.29, 0.717) is 16.7 Å². The van der Waals surface area contributed by atoms with Crippen molar-refractivity contribution < 1.29 is 4.74 Å². The number of halogens is 2. The van der Waals surface area contributed by atoms with Crippen molar-refractivity contribution in [3.8, 4) is 5.75 Å². The summed E-state index contributed by atoms with van der Waals surface area (Å²) in [7, 11) is 0. The molecule has 0 aliphatic rings. The molecule has 0 aliphatic carbocycles. The largest absolute Gasteiger partial charge is 0.487 e. The Kier molecular flexibility index (Phi) is 6.30. The van der Waals surface area contributed by atoms with Crippen LogP contribution in [-0.4, -0.2) is 11.5 Å². The molecule has 0 amide bonds. The lowest BCUT2D eigenvalue weighted by Crippen LogP contribution is -2.14. The fourth-order valence-electron chi connectivity index (χ4n) is 1.79. The molecule has 0 bridgehead atoms. The van der Waals surface area contributed by atoms with E-state index < -0.39 is 0 Å². The second-order valence-electron chi connectivity index (χ2n) is 4.70. The monoisotopic (exact) mass is 324 g/mol. The fraction of sp³-hybridized carbons (Fsp3) is 0.312. The molecule has 1 aromatic carbocycles. The zero-order valence-electron chi connectivity index (χ0n) is 11.9. The number of benzene rings is 1. The van der Waals surface area contributed by atoms with Gasteiger partial charge in [-0.25, -0.2) is 0 Å². The Hall–Kier alpha value is -1.29. The van der Waals surface area contributed by atoms with E-state index in [0.717, 1.165) is 36.5 Å². The van der Waals surface area contributed by atoms with Gasteiger partial charge < -0.3 is 10.1 Å². The van der Waals surface area contributed by atoms with Crippen molar-refractivity contribution in [2.75, 3.05) is 6.54 Å². The summed E-state index contributed by atoms with van der Waals surface area (Å²) in [5, 5.41) is 4.39. The summed E-state index contributed by atoms with van der Waals surface area (Å²) in [4.78, 5) is 4.36. The number of nitrogens with one attached hydrogen (secondary N) is 1. The molecule has 0 saturated carbocycles. The molecular weight excluding hydrogens is 307 g/mol. The maximum absolute atomic E-state index is 5.97. The third kappa shape index (κ3) is 5.20. The van der Waals surface area contributed by atoms with Crippen molar-refractivity contribution in [1.29, 1.82) is 0 Å². The normalized spacial score (nSPS) is 10.6. The first-order chi connectivity index (χ1) is 10.2. The van der Waals surface area contributed by atoms with Crippen molar-refractivity contribution >= 4 is 23.2 Å². The van der Waals surface area contributed by atoms with E-state index in [4.69, 9.17) is 27.9 Å². The van der Waals surface area contributed by atoms with Crippen LogP contribution < -0.4 is 10.1 Å². The van der Waals surface area contributed by atoms with E-state index in [1.165, 1.54) is 0 Å². The molecule has 0 fully saturated rings. The van der Waals surface area contributed by atoms with Crippen LogP contribution in [0.25, 0.3) is 0 Å². The summed E-state index contributed by atoms with van der Waals surface area (Å²) >= 11 is 11.8. The van der Waals surface area contributed by atoms with Crippen LogP contribution in [-0.2, 0) is 13.2 Å². The Morgan fingerprint density at radius 3 is 2.67 bits per heavy atom. The first kappa shape index (κ1) is 16.1. The number of aromatic nitrogens is 1. The molecule has 0 spiro atoms. The summed E-state index contributed by atoms with van der Waals surface area (Å²) < 4.78 is 5.68. The minimum atomic E-state index is 0.437. The molecule has 5 heteroatoms. The Morgan fingerprint density at radius 1 is 1.14 bits per heavy atom. The highest BCUT2D eigenvalue weighted by molar-refractivity contribution is 6.42. The average molecular weight is 325 g/mol. The summed E-state index contributed by atoms with van der Waals surface area (Å²) in [6.07, 6.45) is 2.85. The quantitative estimate of drug-likeness (QED) is 0.763. The van der Waals surface area contributed by atoms with Crippen molar-refractivity contribution in [1.82, 2.24) is 10.3 Å². The van der Waals surface area contributed by atoms with Gasteiger partial charge in [0, 0.05) is 6.54 Å². The molecule has 1 heterocycles. The smallest absolute Gasteiger partial charge is 0.138 e. The third-order valence-corrected chi connectivity index (χ3v) is 3.66. The summed E-state index contributed by atoms with van der Waals surface area (Å²) in [6, 6.07) is 9.36. The molecule has 1 N–H and O–H groups in total. The van der Waals surface area contributed by atoms with Crippen molar-refractivity contribution in [3.63, 3.8) is 0 Å². The van der Waals surface area contributed by atoms with E-state index in [2.05, 4.69) is 17.2 Å². The average Bonchev–Trinajstić information content (AvgIpc) is 2.50. The molecule has 2 aromatic rings. The van der Waals surface area contributed by atoms with Gasteiger partial charge in [0.25, 0.3) is 0 Å². The standard InChI is InChI=1S/C16H18Cl2N2O/c1-2-7-19-9-13-4-5-14(10-20-13)21-11-12-3-6-15(17)16(18)8-12/h3-6,8,10,19H,2,7,9,11H2,1H3. The number of rotatable bonds is 7. The number of ether oxygens (including phenoxy) is 1. The maximum Gasteiger partial charge on any atom is 0.138 e. The summed E-state index contributed by atoms with van der Waals surface area (Å²) in [5.41, 5.74) is 1.98. The SMILES string of the molecule is CCCNCc1ccc(OCc2ccc(Cl)c(Cl)c2)cn1. The Bertz CT molecular complexity index is 573. The van der Waals surface area contributed by atoms with E-state index in [-0.39, 0.29) is 0 Å². The van der Waals surface area contributed by atoms with Gasteiger partial charge in [0.2, 0.25) is 0 Å². The van der Waals surface area contributed by atoms with E-state index in [9.17, 15) is 0 Å². The Balaban J connectivity index is 1.86. The Labute approximate surface area is 135 Å². The van der Waals surface area contributed by atoms with Crippen LogP contribution in [0.2, 0.25) is 10.0 Å².